The van der Waals surface area contributed by atoms with Gasteiger partial charge in [0.1, 0.15) is 34.0 Å². The number of piperazine rings is 1. The van der Waals surface area contributed by atoms with Crippen LogP contribution in [0.25, 0.3) is 22.3 Å². The van der Waals surface area contributed by atoms with E-state index in [9.17, 15) is 24.9 Å². The minimum Gasteiger partial charge on any atom is -0.508 e. The Morgan fingerprint density at radius 3 is 2.27 bits per heavy atom. The molecule has 1 aliphatic heterocycles. The minimum atomic E-state index is -0.704. The Bertz CT molecular complexity index is 1490. The van der Waals surface area contributed by atoms with Crippen molar-refractivity contribution in [1.29, 1.82) is 0 Å². The fourth-order valence-corrected chi connectivity index (χ4v) is 4.86. The van der Waals surface area contributed by atoms with Crippen LogP contribution in [0, 0.1) is 0 Å². The van der Waals surface area contributed by atoms with Crippen molar-refractivity contribution in [1.82, 2.24) is 9.80 Å². The number of aromatic hydroxyl groups is 3. The molecule has 1 aromatic heterocycles. The van der Waals surface area contributed by atoms with E-state index in [-0.39, 0.29) is 46.1 Å². The minimum absolute atomic E-state index is 0.00119. The maximum Gasteiger partial charge on any atom is 0.223 e. The average Bonchev–Trinajstić information content (AvgIpc) is 2.89. The van der Waals surface area contributed by atoms with Gasteiger partial charge >= 0.3 is 0 Å². The van der Waals surface area contributed by atoms with Crippen LogP contribution in [0.2, 0.25) is 0 Å². The van der Waals surface area contributed by atoms with Gasteiger partial charge in [0.05, 0.1) is 0 Å². The van der Waals surface area contributed by atoms with Crippen LogP contribution in [0.4, 0.5) is 0 Å². The Balaban J connectivity index is 1.69. The Morgan fingerprint density at radius 2 is 1.59 bits per heavy atom. The van der Waals surface area contributed by atoms with E-state index in [0.29, 0.717) is 24.2 Å². The van der Waals surface area contributed by atoms with Gasteiger partial charge in [-0.1, -0.05) is 42.5 Å². The van der Waals surface area contributed by atoms with E-state index >= 15 is 0 Å². The molecular formula is C29H28N2O6. The summed E-state index contributed by atoms with van der Waals surface area (Å²) in [5.74, 6) is -1.16. The van der Waals surface area contributed by atoms with Gasteiger partial charge in [0, 0.05) is 61.8 Å². The number of amides is 1. The van der Waals surface area contributed by atoms with E-state index in [0.717, 1.165) is 19.2 Å². The predicted octanol–water partition coefficient (Wildman–Crippen LogP) is 3.87. The summed E-state index contributed by atoms with van der Waals surface area (Å²) >= 11 is 0. The van der Waals surface area contributed by atoms with Gasteiger partial charge < -0.3 is 29.5 Å². The molecule has 190 valence electrons. The fraction of sp³-hybridized carbons (Fsp3) is 0.241. The van der Waals surface area contributed by atoms with Crippen molar-refractivity contribution in [2.45, 2.75) is 12.3 Å². The number of hydrogen-bond donors (Lipinski definition) is 3. The first kappa shape index (κ1) is 24.4. The highest BCUT2D eigenvalue weighted by molar-refractivity contribution is 5.91. The van der Waals surface area contributed by atoms with Crippen LogP contribution < -0.4 is 5.43 Å². The van der Waals surface area contributed by atoms with Crippen molar-refractivity contribution in [3.63, 3.8) is 0 Å². The average molecular weight is 501 g/mol. The normalized spacial score (nSPS) is 15.1. The molecule has 1 atom stereocenters. The van der Waals surface area contributed by atoms with Crippen molar-refractivity contribution >= 4 is 16.9 Å². The fourth-order valence-electron chi connectivity index (χ4n) is 4.86. The largest absolute Gasteiger partial charge is 0.508 e. The van der Waals surface area contributed by atoms with Gasteiger partial charge in [-0.05, 0) is 24.7 Å². The third-order valence-corrected chi connectivity index (χ3v) is 6.93. The lowest BCUT2D eigenvalue weighted by molar-refractivity contribution is -0.133. The molecule has 1 saturated heterocycles. The van der Waals surface area contributed by atoms with Crippen LogP contribution in [0.3, 0.4) is 0 Å². The molecule has 8 heteroatoms. The summed E-state index contributed by atoms with van der Waals surface area (Å²) in [6.45, 7) is 2.71. The maximum atomic E-state index is 13.4. The van der Waals surface area contributed by atoms with Gasteiger partial charge in [-0.2, -0.15) is 0 Å². The van der Waals surface area contributed by atoms with E-state index in [4.69, 9.17) is 4.42 Å². The number of phenols is 3. The molecule has 1 fully saturated rings. The zero-order valence-electron chi connectivity index (χ0n) is 20.4. The maximum absolute atomic E-state index is 13.4. The number of benzene rings is 3. The number of rotatable bonds is 5. The number of fused-ring (bicyclic) bond motifs is 1. The van der Waals surface area contributed by atoms with Crippen molar-refractivity contribution in [3.8, 4) is 28.6 Å². The molecule has 0 bridgehead atoms. The van der Waals surface area contributed by atoms with Crippen LogP contribution in [0.1, 0.15) is 23.5 Å². The molecule has 0 spiro atoms. The SMILES string of the molecule is CN1CCN(C(=O)CC(c2ccc(O)cc2)c2c(O)cc(O)c3c(=O)cc(-c4ccccc4)oc23)CC1. The van der Waals surface area contributed by atoms with Gasteiger partial charge in [0.15, 0.2) is 5.43 Å². The molecule has 5 rings (SSSR count). The molecule has 0 aliphatic carbocycles. The summed E-state index contributed by atoms with van der Waals surface area (Å²) in [5.41, 5.74) is 1.10. The Kier molecular flexibility index (Phi) is 6.58. The highest BCUT2D eigenvalue weighted by Gasteiger charge is 2.30. The lowest BCUT2D eigenvalue weighted by Gasteiger charge is -2.33. The molecule has 1 aliphatic rings. The molecule has 8 nitrogen and oxygen atoms in total. The van der Waals surface area contributed by atoms with Crippen molar-refractivity contribution in [2.24, 2.45) is 0 Å². The number of carbonyl (C=O) groups excluding carboxylic acids is 1. The third-order valence-electron chi connectivity index (χ3n) is 6.93. The van der Waals surface area contributed by atoms with Gasteiger partial charge in [-0.25, -0.2) is 0 Å². The summed E-state index contributed by atoms with van der Waals surface area (Å²) in [6.07, 6.45) is 0.00119. The standard InChI is InChI=1S/C29H28N2O6/c1-30-11-13-31(14-12-30)26(36)15-21(18-7-9-20(32)10-8-18)27-22(33)16-23(34)28-24(35)17-25(37-29(27)28)19-5-3-2-4-6-19/h2-10,16-17,21,32-34H,11-15H2,1H3. The highest BCUT2D eigenvalue weighted by Crippen LogP contribution is 2.43. The van der Waals surface area contributed by atoms with Crippen LogP contribution in [-0.4, -0.2) is 64.3 Å². The number of phenolic OH excluding ortho intramolecular Hbond substituents is 3. The van der Waals surface area contributed by atoms with E-state index in [1.165, 1.54) is 18.2 Å². The van der Waals surface area contributed by atoms with Crippen LogP contribution in [0.5, 0.6) is 17.2 Å². The van der Waals surface area contributed by atoms with Crippen LogP contribution in [-0.2, 0) is 4.79 Å². The molecule has 2 heterocycles. The number of hydrogen-bond acceptors (Lipinski definition) is 7. The first-order valence-electron chi connectivity index (χ1n) is 12.1. The Hall–Kier alpha value is -4.30. The zero-order valence-corrected chi connectivity index (χ0v) is 20.4. The second-order valence-electron chi connectivity index (χ2n) is 9.41. The molecule has 1 unspecified atom stereocenters. The second kappa shape index (κ2) is 9.99. The monoisotopic (exact) mass is 500 g/mol. The molecule has 0 saturated carbocycles. The van der Waals surface area contributed by atoms with E-state index in [1.54, 1.807) is 29.2 Å². The summed E-state index contributed by atoms with van der Waals surface area (Å²) in [6, 6.07) is 17.8. The summed E-state index contributed by atoms with van der Waals surface area (Å²) in [7, 11) is 2.01. The summed E-state index contributed by atoms with van der Waals surface area (Å²) in [4.78, 5) is 30.5. The molecule has 37 heavy (non-hydrogen) atoms. The second-order valence-corrected chi connectivity index (χ2v) is 9.41. The van der Waals surface area contributed by atoms with Crippen LogP contribution >= 0.6 is 0 Å². The van der Waals surface area contributed by atoms with Crippen molar-refractivity contribution in [3.05, 3.63) is 88.1 Å². The first-order valence-corrected chi connectivity index (χ1v) is 12.1. The topological polar surface area (TPSA) is 114 Å². The lowest BCUT2D eigenvalue weighted by Crippen LogP contribution is -2.47. The van der Waals surface area contributed by atoms with Crippen molar-refractivity contribution in [2.75, 3.05) is 33.2 Å². The summed E-state index contributed by atoms with van der Waals surface area (Å²) in [5, 5.41) is 31.5. The van der Waals surface area contributed by atoms with Gasteiger partial charge in [-0.15, -0.1) is 0 Å². The Morgan fingerprint density at radius 1 is 0.919 bits per heavy atom. The molecule has 1 amide bonds. The quantitative estimate of drug-likeness (QED) is 0.381. The zero-order chi connectivity index (χ0) is 26.1. The number of carbonyl (C=O) groups is 1. The number of nitrogens with zero attached hydrogens (tertiary/aromatic N) is 2. The van der Waals surface area contributed by atoms with E-state index in [2.05, 4.69) is 4.90 Å². The highest BCUT2D eigenvalue weighted by atomic mass is 16.3. The van der Waals surface area contributed by atoms with Crippen molar-refractivity contribution < 1.29 is 24.5 Å². The van der Waals surface area contributed by atoms with E-state index < -0.39 is 17.1 Å². The first-order chi connectivity index (χ1) is 17.8. The molecule has 4 aromatic rings. The molecular weight excluding hydrogens is 472 g/mol. The van der Waals surface area contributed by atoms with E-state index in [1.807, 2.05) is 25.2 Å². The molecule has 0 radical (unpaired) electrons. The smallest absolute Gasteiger partial charge is 0.223 e. The Labute approximate surface area is 213 Å². The van der Waals surface area contributed by atoms with Gasteiger partial charge in [-0.3, -0.25) is 9.59 Å². The van der Waals surface area contributed by atoms with Gasteiger partial charge in [0.25, 0.3) is 0 Å². The predicted molar refractivity (Wildman–Crippen MR) is 140 cm³/mol. The molecule has 3 N–H and O–H groups in total. The molecule has 3 aromatic carbocycles. The lowest BCUT2D eigenvalue weighted by atomic mass is 9.86. The number of likely N-dealkylation sites (N-methyl/N-ethyl adjacent to an activating group) is 1. The summed E-state index contributed by atoms with van der Waals surface area (Å²) < 4.78 is 6.19. The van der Waals surface area contributed by atoms with Gasteiger partial charge in [0.2, 0.25) is 5.91 Å². The third kappa shape index (κ3) is 4.88. The van der Waals surface area contributed by atoms with Crippen LogP contribution in [0.15, 0.2) is 75.9 Å².